The summed E-state index contributed by atoms with van der Waals surface area (Å²) in [6.07, 6.45) is 0. The Kier molecular flexibility index (Phi) is 5.62. The van der Waals surface area contributed by atoms with Gasteiger partial charge in [-0.25, -0.2) is 9.97 Å². The third-order valence-corrected chi connectivity index (χ3v) is 4.71. The highest BCUT2D eigenvalue weighted by molar-refractivity contribution is 7.99. The smallest absolute Gasteiger partial charge is 0.230 e. The van der Waals surface area contributed by atoms with Crippen LogP contribution in [0.4, 0.5) is 11.6 Å². The third-order valence-electron chi connectivity index (χ3n) is 2.91. The summed E-state index contributed by atoms with van der Waals surface area (Å²) in [4.78, 5) is 21.4. The molecule has 22 heavy (non-hydrogen) atoms. The summed E-state index contributed by atoms with van der Waals surface area (Å²) in [5.41, 5.74) is 11.2. The number of nitrogens with two attached hydrogens (primary N) is 2. The van der Waals surface area contributed by atoms with Crippen molar-refractivity contribution in [2.24, 2.45) is 5.92 Å². The van der Waals surface area contributed by atoms with Crippen LogP contribution in [0.3, 0.4) is 0 Å². The van der Waals surface area contributed by atoms with Crippen LogP contribution in [-0.2, 0) is 4.79 Å². The van der Waals surface area contributed by atoms with E-state index in [-0.39, 0.29) is 17.7 Å². The fourth-order valence-electron chi connectivity index (χ4n) is 1.91. The summed E-state index contributed by atoms with van der Waals surface area (Å²) in [6.45, 7) is 4.17. The molecule has 2 heterocycles. The van der Waals surface area contributed by atoms with E-state index in [9.17, 15) is 4.79 Å². The molecule has 0 spiro atoms. The minimum absolute atomic E-state index is 0.0138. The Labute approximate surface area is 137 Å². The monoisotopic (exact) mass is 337 g/mol. The quantitative estimate of drug-likeness (QED) is 0.551. The van der Waals surface area contributed by atoms with Crippen LogP contribution in [0, 0.1) is 5.92 Å². The van der Waals surface area contributed by atoms with Crippen molar-refractivity contribution in [2.45, 2.75) is 25.0 Å². The molecule has 5 N–H and O–H groups in total. The largest absolute Gasteiger partial charge is 0.383 e. The topological polar surface area (TPSA) is 107 Å². The number of hydrogen-bond acceptors (Lipinski definition) is 7. The first-order valence-corrected chi connectivity index (χ1v) is 8.68. The molecule has 0 aliphatic heterocycles. The zero-order valence-corrected chi connectivity index (χ0v) is 14.1. The van der Waals surface area contributed by atoms with Gasteiger partial charge in [0.15, 0.2) is 5.16 Å². The van der Waals surface area contributed by atoms with Crippen molar-refractivity contribution >= 4 is 40.6 Å². The van der Waals surface area contributed by atoms with Crippen LogP contribution in [0.2, 0.25) is 0 Å². The van der Waals surface area contributed by atoms with Crippen LogP contribution in [0.25, 0.3) is 0 Å². The molecule has 0 aromatic carbocycles. The lowest BCUT2D eigenvalue weighted by molar-refractivity contribution is -0.119. The first-order chi connectivity index (χ1) is 10.5. The number of nitrogens with zero attached hydrogens (tertiary/aromatic N) is 2. The molecule has 0 fully saturated rings. The maximum Gasteiger partial charge on any atom is 0.230 e. The number of carbonyl (C=O) groups excluding carboxylic acids is 1. The van der Waals surface area contributed by atoms with Crippen molar-refractivity contribution in [3.8, 4) is 0 Å². The van der Waals surface area contributed by atoms with Gasteiger partial charge in [-0.05, 0) is 17.4 Å². The minimum atomic E-state index is -0.0679. The van der Waals surface area contributed by atoms with E-state index in [4.69, 9.17) is 11.5 Å². The van der Waals surface area contributed by atoms with Crippen molar-refractivity contribution in [3.05, 3.63) is 28.5 Å². The Hall–Kier alpha value is -1.80. The third kappa shape index (κ3) is 4.60. The van der Waals surface area contributed by atoms with Crippen molar-refractivity contribution in [1.29, 1.82) is 0 Å². The molecule has 0 aliphatic carbocycles. The SMILES string of the molecule is CC(C)[C@H](NC(=O)CSc1nc(N)cc(N)n1)c1cccs1. The lowest BCUT2D eigenvalue weighted by Crippen LogP contribution is -2.32. The zero-order valence-electron chi connectivity index (χ0n) is 12.4. The molecular formula is C14H19N5OS2. The predicted molar refractivity (Wildman–Crippen MR) is 91.6 cm³/mol. The highest BCUT2D eigenvalue weighted by Gasteiger charge is 2.19. The molecule has 1 amide bonds. The van der Waals surface area contributed by atoms with E-state index in [1.165, 1.54) is 17.8 Å². The fourth-order valence-corrected chi connectivity index (χ4v) is 3.54. The van der Waals surface area contributed by atoms with Crippen molar-refractivity contribution < 1.29 is 4.79 Å². The second-order valence-corrected chi connectivity index (χ2v) is 7.02. The van der Waals surface area contributed by atoms with Gasteiger partial charge in [0, 0.05) is 10.9 Å². The van der Waals surface area contributed by atoms with Crippen LogP contribution in [0.5, 0.6) is 0 Å². The molecule has 0 bridgehead atoms. The van der Waals surface area contributed by atoms with Crippen LogP contribution >= 0.6 is 23.1 Å². The Balaban J connectivity index is 1.94. The molecule has 0 saturated carbocycles. The molecule has 1 atom stereocenters. The summed E-state index contributed by atoms with van der Waals surface area (Å²) < 4.78 is 0. The molecule has 0 aliphatic rings. The molecule has 0 saturated heterocycles. The zero-order chi connectivity index (χ0) is 16.1. The first kappa shape index (κ1) is 16.6. The molecule has 2 rings (SSSR count). The summed E-state index contributed by atoms with van der Waals surface area (Å²) in [7, 11) is 0. The lowest BCUT2D eigenvalue weighted by atomic mass is 10.0. The van der Waals surface area contributed by atoms with Gasteiger partial charge in [0.25, 0.3) is 0 Å². The first-order valence-electron chi connectivity index (χ1n) is 6.81. The average Bonchev–Trinajstić information content (AvgIpc) is 2.95. The van der Waals surface area contributed by atoms with Crippen LogP contribution in [-0.4, -0.2) is 21.6 Å². The number of anilines is 2. The molecule has 0 unspecified atom stereocenters. The van der Waals surface area contributed by atoms with Gasteiger partial charge in [-0.3, -0.25) is 4.79 Å². The van der Waals surface area contributed by atoms with E-state index in [2.05, 4.69) is 29.1 Å². The number of nitrogens with one attached hydrogen (secondary N) is 1. The predicted octanol–water partition coefficient (Wildman–Crippen LogP) is 2.31. The van der Waals surface area contributed by atoms with Gasteiger partial charge in [0.1, 0.15) is 11.6 Å². The molecule has 0 radical (unpaired) electrons. The Morgan fingerprint density at radius 2 is 2.05 bits per heavy atom. The second-order valence-electron chi connectivity index (χ2n) is 5.09. The standard InChI is InChI=1S/C14H19N5OS2/c1-8(2)13(9-4-3-5-21-9)19-12(20)7-22-14-17-10(15)6-11(16)18-14/h3-6,8,13H,7H2,1-2H3,(H,19,20)(H4,15,16,17,18)/t13-/m0/s1. The summed E-state index contributed by atoms with van der Waals surface area (Å²) >= 11 is 2.86. The molecule has 6 nitrogen and oxygen atoms in total. The van der Waals surface area contributed by atoms with E-state index < -0.39 is 0 Å². The number of hydrogen-bond donors (Lipinski definition) is 3. The maximum atomic E-state index is 12.2. The molecule has 8 heteroatoms. The Morgan fingerprint density at radius 3 is 2.59 bits per heavy atom. The summed E-state index contributed by atoms with van der Waals surface area (Å²) in [5, 5.41) is 5.47. The van der Waals surface area contributed by atoms with Crippen molar-refractivity contribution in [2.75, 3.05) is 17.2 Å². The van der Waals surface area contributed by atoms with Crippen LogP contribution < -0.4 is 16.8 Å². The van der Waals surface area contributed by atoms with Crippen LogP contribution in [0.1, 0.15) is 24.8 Å². The fraction of sp³-hybridized carbons (Fsp3) is 0.357. The van der Waals surface area contributed by atoms with Gasteiger partial charge >= 0.3 is 0 Å². The van der Waals surface area contributed by atoms with E-state index >= 15 is 0 Å². The molecule has 118 valence electrons. The van der Waals surface area contributed by atoms with E-state index in [1.807, 2.05) is 17.5 Å². The highest BCUT2D eigenvalue weighted by atomic mass is 32.2. The molecule has 2 aromatic rings. The number of rotatable bonds is 6. The van der Waals surface area contributed by atoms with Crippen molar-refractivity contribution in [3.63, 3.8) is 0 Å². The number of nitrogen functional groups attached to an aromatic ring is 2. The van der Waals surface area contributed by atoms with Gasteiger partial charge in [-0.2, -0.15) is 0 Å². The lowest BCUT2D eigenvalue weighted by Gasteiger charge is -2.21. The van der Waals surface area contributed by atoms with Crippen molar-refractivity contribution in [1.82, 2.24) is 15.3 Å². The van der Waals surface area contributed by atoms with Gasteiger partial charge in [-0.15, -0.1) is 11.3 Å². The average molecular weight is 337 g/mol. The van der Waals surface area contributed by atoms with E-state index in [1.54, 1.807) is 11.3 Å². The number of thiophene rings is 1. The minimum Gasteiger partial charge on any atom is -0.383 e. The molecular weight excluding hydrogens is 318 g/mol. The summed E-state index contributed by atoms with van der Waals surface area (Å²) in [6, 6.07) is 5.51. The van der Waals surface area contributed by atoms with E-state index in [0.29, 0.717) is 22.7 Å². The number of aromatic nitrogens is 2. The van der Waals surface area contributed by atoms with Gasteiger partial charge in [0.2, 0.25) is 5.91 Å². The normalized spacial score (nSPS) is 12.3. The Bertz CT molecular complexity index is 610. The number of thioether (sulfide) groups is 1. The highest BCUT2D eigenvalue weighted by Crippen LogP contribution is 2.26. The second kappa shape index (κ2) is 7.46. The number of amides is 1. The van der Waals surface area contributed by atoms with Gasteiger partial charge in [0.05, 0.1) is 11.8 Å². The van der Waals surface area contributed by atoms with E-state index in [0.717, 1.165) is 4.88 Å². The summed E-state index contributed by atoms with van der Waals surface area (Å²) in [5.74, 6) is 1.06. The number of carbonyl (C=O) groups is 1. The maximum absolute atomic E-state index is 12.2. The van der Waals surface area contributed by atoms with Gasteiger partial charge < -0.3 is 16.8 Å². The van der Waals surface area contributed by atoms with Gasteiger partial charge in [-0.1, -0.05) is 31.7 Å². The Morgan fingerprint density at radius 1 is 1.36 bits per heavy atom. The van der Waals surface area contributed by atoms with Crippen LogP contribution in [0.15, 0.2) is 28.7 Å². The molecule has 2 aromatic heterocycles.